The molecule has 2 aliphatic heterocycles. The highest BCUT2D eigenvalue weighted by Gasteiger charge is 2.53. The molecule has 2 saturated heterocycles. The zero-order valence-electron chi connectivity index (χ0n) is 19.7. The molecule has 16 heteroatoms. The van der Waals surface area contributed by atoms with Crippen LogP contribution in [0.4, 0.5) is 26.3 Å². The van der Waals surface area contributed by atoms with Gasteiger partial charge < -0.3 is 20.1 Å². The van der Waals surface area contributed by atoms with Crippen molar-refractivity contribution >= 4 is 29.2 Å². The minimum atomic E-state index is -5.08. The van der Waals surface area contributed by atoms with E-state index in [0.717, 1.165) is 45.6 Å². The zero-order valence-corrected chi connectivity index (χ0v) is 20.5. The number of halogens is 6. The molecule has 2 fully saturated rings. The minimum absolute atomic E-state index is 0.206. The van der Waals surface area contributed by atoms with E-state index in [9.17, 15) is 36.2 Å². The van der Waals surface area contributed by atoms with Gasteiger partial charge in [0, 0.05) is 45.8 Å². The van der Waals surface area contributed by atoms with Crippen LogP contribution in [-0.4, -0.2) is 102 Å². The highest BCUT2D eigenvalue weighted by Crippen LogP contribution is 2.43. The number of carboxylic acid groups (broad SMARTS) is 3. The van der Waals surface area contributed by atoms with E-state index in [0.29, 0.717) is 13.2 Å². The molecule has 0 unspecified atom stereocenters. The first kappa shape index (κ1) is 32.6. The van der Waals surface area contributed by atoms with Crippen LogP contribution >= 0.6 is 11.3 Å². The SMILES string of the molecule is COCCN1C[C@@H]2CN(Cc3ccsc3)CCC[C@]2(C(=O)O)C1.O=C(O)C(F)(F)F.O=C(O)C(F)(F)F. The van der Waals surface area contributed by atoms with Gasteiger partial charge in [-0.25, -0.2) is 9.59 Å². The number of methoxy groups -OCH3 is 1. The second-order valence-corrected chi connectivity index (χ2v) is 9.24. The Kier molecular flexibility index (Phi) is 12.3. The topological polar surface area (TPSA) is 128 Å². The first-order chi connectivity index (χ1) is 17.0. The van der Waals surface area contributed by atoms with Gasteiger partial charge in [-0.15, -0.1) is 0 Å². The lowest BCUT2D eigenvalue weighted by Crippen LogP contribution is -2.41. The van der Waals surface area contributed by atoms with Crippen LogP contribution in [0.25, 0.3) is 0 Å². The summed E-state index contributed by atoms with van der Waals surface area (Å²) in [6.07, 6.45) is -8.42. The van der Waals surface area contributed by atoms with E-state index in [1.54, 1.807) is 18.4 Å². The molecular weight excluding hydrogens is 538 g/mol. The van der Waals surface area contributed by atoms with Crippen molar-refractivity contribution in [3.63, 3.8) is 0 Å². The number of alkyl halides is 6. The number of rotatable bonds is 6. The van der Waals surface area contributed by atoms with E-state index in [2.05, 4.69) is 26.6 Å². The van der Waals surface area contributed by atoms with Gasteiger partial charge in [-0.2, -0.15) is 37.7 Å². The number of likely N-dealkylation sites (tertiary alicyclic amines) is 2. The van der Waals surface area contributed by atoms with Gasteiger partial charge in [-0.1, -0.05) is 0 Å². The molecule has 3 heterocycles. The average Bonchev–Trinajstić information content (AvgIpc) is 3.36. The van der Waals surface area contributed by atoms with E-state index in [4.69, 9.17) is 24.5 Å². The third-order valence-corrected chi connectivity index (χ3v) is 6.58. The molecule has 0 aliphatic carbocycles. The molecular formula is C21H28F6N2O7S. The van der Waals surface area contributed by atoms with Crippen molar-refractivity contribution in [2.45, 2.75) is 31.7 Å². The minimum Gasteiger partial charge on any atom is -0.481 e. The third-order valence-electron chi connectivity index (χ3n) is 5.85. The number of carbonyl (C=O) groups is 3. The fourth-order valence-electron chi connectivity index (χ4n) is 4.14. The van der Waals surface area contributed by atoms with Gasteiger partial charge >= 0.3 is 30.3 Å². The molecule has 3 N–H and O–H groups in total. The van der Waals surface area contributed by atoms with Crippen LogP contribution in [0.5, 0.6) is 0 Å². The maximum atomic E-state index is 12.1. The van der Waals surface area contributed by atoms with Gasteiger partial charge in [0.25, 0.3) is 0 Å². The van der Waals surface area contributed by atoms with Crippen molar-refractivity contribution in [2.24, 2.45) is 11.3 Å². The van der Waals surface area contributed by atoms with Crippen LogP contribution in [0.15, 0.2) is 16.8 Å². The first-order valence-electron chi connectivity index (χ1n) is 10.8. The lowest BCUT2D eigenvalue weighted by atomic mass is 9.75. The molecule has 0 radical (unpaired) electrons. The van der Waals surface area contributed by atoms with E-state index >= 15 is 0 Å². The molecule has 0 aromatic carbocycles. The Hall–Kier alpha value is -2.43. The Bertz CT molecular complexity index is 858. The predicted molar refractivity (Wildman–Crippen MR) is 118 cm³/mol. The number of carboxylic acids is 3. The molecule has 0 spiro atoms. The highest BCUT2D eigenvalue weighted by atomic mass is 32.1. The molecule has 212 valence electrons. The van der Waals surface area contributed by atoms with Crippen molar-refractivity contribution < 1.29 is 60.8 Å². The van der Waals surface area contributed by atoms with Gasteiger partial charge in [0.05, 0.1) is 12.0 Å². The fraction of sp³-hybridized carbons (Fsp3) is 0.667. The molecule has 37 heavy (non-hydrogen) atoms. The van der Waals surface area contributed by atoms with E-state index in [1.807, 2.05) is 0 Å². The van der Waals surface area contributed by atoms with Gasteiger partial charge in [0.1, 0.15) is 0 Å². The highest BCUT2D eigenvalue weighted by molar-refractivity contribution is 7.07. The number of fused-ring (bicyclic) bond motifs is 1. The summed E-state index contributed by atoms with van der Waals surface area (Å²) in [5.41, 5.74) is 0.768. The molecule has 3 rings (SSSR count). The lowest BCUT2D eigenvalue weighted by Gasteiger charge is -2.29. The summed E-state index contributed by atoms with van der Waals surface area (Å²) >= 11 is 1.72. The second kappa shape index (κ2) is 13.9. The predicted octanol–water partition coefficient (Wildman–Crippen LogP) is 3.26. The van der Waals surface area contributed by atoms with Gasteiger partial charge in [0.15, 0.2) is 0 Å². The summed E-state index contributed by atoms with van der Waals surface area (Å²) in [5, 5.41) is 28.5. The summed E-state index contributed by atoms with van der Waals surface area (Å²) in [5.74, 6) is -5.92. The molecule has 0 bridgehead atoms. The molecule has 0 saturated carbocycles. The van der Waals surface area contributed by atoms with Crippen molar-refractivity contribution in [3.05, 3.63) is 22.4 Å². The first-order valence-corrected chi connectivity index (χ1v) is 11.8. The number of nitrogens with zero attached hydrogens (tertiary/aromatic N) is 2. The molecule has 2 aliphatic rings. The number of hydrogen-bond acceptors (Lipinski definition) is 7. The molecule has 1 aromatic rings. The van der Waals surface area contributed by atoms with Crippen LogP contribution in [0, 0.1) is 11.3 Å². The smallest absolute Gasteiger partial charge is 0.481 e. The Morgan fingerprint density at radius 1 is 1.05 bits per heavy atom. The quantitative estimate of drug-likeness (QED) is 0.445. The summed E-state index contributed by atoms with van der Waals surface area (Å²) in [6.45, 7) is 5.85. The van der Waals surface area contributed by atoms with Gasteiger partial charge in [-0.3, -0.25) is 14.6 Å². The van der Waals surface area contributed by atoms with Crippen LogP contribution in [0.3, 0.4) is 0 Å². The summed E-state index contributed by atoms with van der Waals surface area (Å²) in [4.78, 5) is 34.6. The monoisotopic (exact) mass is 566 g/mol. The number of thiophene rings is 1. The van der Waals surface area contributed by atoms with E-state index in [-0.39, 0.29) is 5.92 Å². The number of hydrogen-bond donors (Lipinski definition) is 3. The maximum absolute atomic E-state index is 12.1. The zero-order chi connectivity index (χ0) is 28.4. The summed E-state index contributed by atoms with van der Waals surface area (Å²) in [7, 11) is 1.70. The van der Waals surface area contributed by atoms with Crippen LogP contribution in [-0.2, 0) is 25.7 Å². The largest absolute Gasteiger partial charge is 0.490 e. The summed E-state index contributed by atoms with van der Waals surface area (Å²) < 4.78 is 68.6. The standard InChI is InChI=1S/C17H26N2O3S.2C2HF3O2/c1-22-7-6-19-11-15-10-18(9-14-3-8-23-12-14)5-2-4-17(15,13-19)16(20)21;2*3-2(4,5)1(6)7/h3,8,12,15H,2,4-7,9-11,13H2,1H3,(H,20,21);2*(H,6,7)/t15-,17-;;/m0../s1. The van der Waals surface area contributed by atoms with Crippen LogP contribution < -0.4 is 0 Å². The number of aliphatic carboxylic acids is 3. The number of ether oxygens (including phenoxy) is 1. The van der Waals surface area contributed by atoms with Crippen LogP contribution in [0.2, 0.25) is 0 Å². The molecule has 0 amide bonds. The second-order valence-electron chi connectivity index (χ2n) is 8.46. The van der Waals surface area contributed by atoms with Crippen molar-refractivity contribution in [3.8, 4) is 0 Å². The van der Waals surface area contributed by atoms with E-state index < -0.39 is 35.7 Å². The summed E-state index contributed by atoms with van der Waals surface area (Å²) in [6, 6.07) is 2.17. The van der Waals surface area contributed by atoms with Gasteiger partial charge in [0.2, 0.25) is 0 Å². The van der Waals surface area contributed by atoms with Gasteiger partial charge in [-0.05, 0) is 41.8 Å². The molecule has 9 nitrogen and oxygen atoms in total. The Balaban J connectivity index is 0.000000404. The lowest BCUT2D eigenvalue weighted by molar-refractivity contribution is -0.193. The normalized spacial score (nSPS) is 22.5. The Morgan fingerprint density at radius 3 is 2.03 bits per heavy atom. The van der Waals surface area contributed by atoms with Crippen LogP contribution in [0.1, 0.15) is 18.4 Å². The van der Waals surface area contributed by atoms with Crippen molar-refractivity contribution in [1.82, 2.24) is 9.80 Å². The molecule has 2 atom stereocenters. The van der Waals surface area contributed by atoms with Crippen molar-refractivity contribution in [1.29, 1.82) is 0 Å². The maximum Gasteiger partial charge on any atom is 0.490 e. The third kappa shape index (κ3) is 10.5. The Morgan fingerprint density at radius 2 is 1.59 bits per heavy atom. The molecule has 1 aromatic heterocycles. The van der Waals surface area contributed by atoms with E-state index in [1.165, 1.54) is 5.56 Å². The fourth-order valence-corrected chi connectivity index (χ4v) is 4.80. The Labute approximate surface area is 212 Å². The average molecular weight is 567 g/mol. The van der Waals surface area contributed by atoms with Crippen molar-refractivity contribution in [2.75, 3.05) is 46.4 Å².